The molecular formula is C46H81N5O2. The van der Waals surface area contributed by atoms with Gasteiger partial charge in [0.25, 0.3) is 0 Å². The smallest absolute Gasteiger partial charge is 0.322 e. The van der Waals surface area contributed by atoms with Crippen LogP contribution >= 0.6 is 0 Å². The van der Waals surface area contributed by atoms with Crippen LogP contribution < -0.4 is 15.4 Å². The van der Waals surface area contributed by atoms with Crippen molar-refractivity contribution in [2.75, 3.05) is 60.5 Å². The fourth-order valence-electron chi connectivity index (χ4n) is 6.82. The van der Waals surface area contributed by atoms with Crippen molar-refractivity contribution < 1.29 is 9.53 Å². The third kappa shape index (κ3) is 18.8. The maximum Gasteiger partial charge on any atom is 0.322 e. The molecule has 0 aliphatic carbocycles. The molecule has 2 heterocycles. The Morgan fingerprint density at radius 1 is 0.906 bits per heavy atom. The average Bonchev–Trinajstić information content (AvgIpc) is 3.27. The fourth-order valence-corrected chi connectivity index (χ4v) is 6.82. The Labute approximate surface area is 327 Å². The van der Waals surface area contributed by atoms with Crippen LogP contribution in [0, 0.1) is 16.7 Å². The standard InChI is InChI=1S/C19H31NO.C17H25N3O.C9H21N.CH4/c1-19(2,3)15-17-10-13-20(14-11-17)12-9-16-5-7-18(21-4)8-6-16;1-13-17(5,14-9-7-6-8-10-14)19-15(21)20(13)12-11-18-16(2,3)4;1-9(2,3)7-6-8-10(4)5;/h5-8,17H,9-15H2,1-4H3;6-10,18H,1,11-12H2,2-5H3,(H,19,21);6-8H2,1-5H3;1H4. The zero-order chi connectivity index (χ0) is 39.2. The predicted molar refractivity (Wildman–Crippen MR) is 230 cm³/mol. The number of carbonyl (C=O) groups is 1. The summed E-state index contributed by atoms with van der Waals surface area (Å²) in [6.07, 6.45) is 7.91. The van der Waals surface area contributed by atoms with E-state index in [1.807, 2.05) is 37.3 Å². The Kier molecular flexibility index (Phi) is 19.9. The summed E-state index contributed by atoms with van der Waals surface area (Å²) in [5, 5.41) is 6.45. The van der Waals surface area contributed by atoms with E-state index >= 15 is 0 Å². The van der Waals surface area contributed by atoms with E-state index in [0.29, 0.717) is 17.4 Å². The minimum Gasteiger partial charge on any atom is -0.497 e. The van der Waals surface area contributed by atoms with Gasteiger partial charge >= 0.3 is 6.03 Å². The summed E-state index contributed by atoms with van der Waals surface area (Å²) >= 11 is 0. The van der Waals surface area contributed by atoms with Gasteiger partial charge in [0, 0.05) is 30.9 Å². The van der Waals surface area contributed by atoms with E-state index in [2.05, 4.69) is 128 Å². The third-order valence-electron chi connectivity index (χ3n) is 9.86. The van der Waals surface area contributed by atoms with Gasteiger partial charge in [-0.25, -0.2) is 4.79 Å². The topological polar surface area (TPSA) is 60.1 Å². The van der Waals surface area contributed by atoms with Crippen LogP contribution in [0.15, 0.2) is 66.9 Å². The highest BCUT2D eigenvalue weighted by Gasteiger charge is 2.43. The Hall–Kier alpha value is -2.87. The first-order valence-electron chi connectivity index (χ1n) is 19.7. The first-order valence-corrected chi connectivity index (χ1v) is 19.7. The molecule has 2 aliphatic rings. The summed E-state index contributed by atoms with van der Waals surface area (Å²) < 4.78 is 5.20. The van der Waals surface area contributed by atoms with Gasteiger partial charge in [0.15, 0.2) is 0 Å². The van der Waals surface area contributed by atoms with E-state index in [0.717, 1.165) is 35.9 Å². The summed E-state index contributed by atoms with van der Waals surface area (Å²) in [5.41, 5.74) is 3.77. The zero-order valence-corrected chi connectivity index (χ0v) is 35.6. The summed E-state index contributed by atoms with van der Waals surface area (Å²) in [7, 11) is 5.97. The highest BCUT2D eigenvalue weighted by molar-refractivity contribution is 5.82. The third-order valence-corrected chi connectivity index (χ3v) is 9.86. The zero-order valence-electron chi connectivity index (χ0n) is 35.6. The van der Waals surface area contributed by atoms with Crippen molar-refractivity contribution in [2.45, 2.75) is 126 Å². The van der Waals surface area contributed by atoms with Crippen molar-refractivity contribution in [2.24, 2.45) is 16.7 Å². The van der Waals surface area contributed by atoms with Crippen molar-refractivity contribution in [1.82, 2.24) is 25.3 Å². The van der Waals surface area contributed by atoms with E-state index in [1.54, 1.807) is 12.0 Å². The molecule has 2 aromatic carbocycles. The van der Waals surface area contributed by atoms with E-state index < -0.39 is 5.54 Å². The molecule has 53 heavy (non-hydrogen) atoms. The molecule has 7 nitrogen and oxygen atoms in total. The van der Waals surface area contributed by atoms with Crippen molar-refractivity contribution in [3.8, 4) is 5.75 Å². The van der Waals surface area contributed by atoms with Gasteiger partial charge in [-0.05, 0) is 140 Å². The quantitative estimate of drug-likeness (QED) is 0.227. The second-order valence-corrected chi connectivity index (χ2v) is 18.8. The molecule has 302 valence electrons. The first-order chi connectivity index (χ1) is 24.1. The van der Waals surface area contributed by atoms with Gasteiger partial charge in [-0.2, -0.15) is 0 Å². The summed E-state index contributed by atoms with van der Waals surface area (Å²) in [6, 6.07) is 18.4. The van der Waals surface area contributed by atoms with Gasteiger partial charge in [0.2, 0.25) is 0 Å². The number of likely N-dealkylation sites (tertiary alicyclic amines) is 1. The van der Waals surface area contributed by atoms with Gasteiger partial charge in [0.05, 0.1) is 7.11 Å². The molecule has 1 atom stereocenters. The number of nitrogens with one attached hydrogen (secondary N) is 2. The first kappa shape index (κ1) is 48.1. The number of methoxy groups -OCH3 is 1. The molecule has 2 saturated heterocycles. The number of carbonyl (C=O) groups excluding carboxylic acids is 1. The minimum atomic E-state index is -0.528. The van der Waals surface area contributed by atoms with Crippen molar-refractivity contribution >= 4 is 6.03 Å². The number of ether oxygens (including phenoxy) is 1. The molecule has 4 rings (SSSR count). The largest absolute Gasteiger partial charge is 0.497 e. The van der Waals surface area contributed by atoms with Crippen molar-refractivity contribution in [3.05, 3.63) is 78.0 Å². The molecule has 2 amide bonds. The minimum absolute atomic E-state index is 0. The van der Waals surface area contributed by atoms with Gasteiger partial charge in [-0.3, -0.25) is 4.90 Å². The normalized spacial score (nSPS) is 18.4. The van der Waals surface area contributed by atoms with Gasteiger partial charge in [-0.1, -0.05) is 98.0 Å². The highest BCUT2D eigenvalue weighted by Crippen LogP contribution is 2.35. The second-order valence-electron chi connectivity index (χ2n) is 18.8. The molecule has 1 unspecified atom stereocenters. The van der Waals surface area contributed by atoms with Crippen molar-refractivity contribution in [3.63, 3.8) is 0 Å². The molecule has 7 heteroatoms. The number of urea groups is 1. The predicted octanol–water partition coefficient (Wildman–Crippen LogP) is 10.2. The Bertz CT molecular complexity index is 1310. The molecule has 0 saturated carbocycles. The van der Waals surface area contributed by atoms with E-state index in [1.165, 1.54) is 63.8 Å². The summed E-state index contributed by atoms with van der Waals surface area (Å²) in [5.74, 6) is 1.88. The number of hydrogen-bond acceptors (Lipinski definition) is 5. The van der Waals surface area contributed by atoms with Crippen LogP contribution in [0.25, 0.3) is 0 Å². The Morgan fingerprint density at radius 3 is 1.98 bits per heavy atom. The molecule has 2 aliphatic heterocycles. The van der Waals surface area contributed by atoms with Gasteiger partial charge in [0.1, 0.15) is 11.3 Å². The van der Waals surface area contributed by atoms with Crippen LogP contribution in [0.5, 0.6) is 5.75 Å². The maximum atomic E-state index is 12.3. The summed E-state index contributed by atoms with van der Waals surface area (Å²) in [4.78, 5) is 18.9. The molecule has 0 spiro atoms. The van der Waals surface area contributed by atoms with Crippen LogP contribution in [-0.2, 0) is 12.0 Å². The fraction of sp³-hybridized carbons (Fsp3) is 0.674. The number of hydrogen-bond donors (Lipinski definition) is 2. The van der Waals surface area contributed by atoms with Gasteiger partial charge in [-0.15, -0.1) is 0 Å². The molecular weight excluding hydrogens is 655 g/mol. The molecule has 2 N–H and O–H groups in total. The Morgan fingerprint density at radius 2 is 1.49 bits per heavy atom. The number of rotatable bonds is 12. The van der Waals surface area contributed by atoms with Crippen molar-refractivity contribution in [1.29, 1.82) is 0 Å². The molecule has 0 aromatic heterocycles. The molecule has 2 aromatic rings. The lowest BCUT2D eigenvalue weighted by Gasteiger charge is -2.35. The average molecular weight is 736 g/mol. The van der Waals surface area contributed by atoms with Crippen LogP contribution in [-0.4, -0.2) is 86.7 Å². The number of benzene rings is 2. The number of nitrogens with zero attached hydrogens (tertiary/aromatic N) is 3. The number of piperidine rings is 1. The van der Waals surface area contributed by atoms with Crippen LogP contribution in [0.3, 0.4) is 0 Å². The molecule has 0 bridgehead atoms. The van der Waals surface area contributed by atoms with Crippen LogP contribution in [0.2, 0.25) is 0 Å². The van der Waals surface area contributed by atoms with E-state index in [4.69, 9.17) is 4.74 Å². The lowest BCUT2D eigenvalue weighted by molar-refractivity contribution is 0.154. The van der Waals surface area contributed by atoms with E-state index in [9.17, 15) is 4.79 Å². The summed E-state index contributed by atoms with van der Waals surface area (Å²) in [6.45, 7) is 32.8. The Balaban J connectivity index is 0.000000420. The monoisotopic (exact) mass is 736 g/mol. The molecule has 0 radical (unpaired) electrons. The van der Waals surface area contributed by atoms with Gasteiger partial charge < -0.3 is 25.2 Å². The number of amides is 2. The SMILES string of the molecule is C.C=C1N(CCNC(C)(C)C)C(=O)NC1(C)c1ccccc1.CN(C)CCCC(C)(C)C.COc1ccc(CCN2CCC(CC(C)(C)C)CC2)cc1. The second kappa shape index (κ2) is 21.9. The highest BCUT2D eigenvalue weighted by atomic mass is 16.5. The van der Waals surface area contributed by atoms with Crippen LogP contribution in [0.1, 0.15) is 120 Å². The van der Waals surface area contributed by atoms with Crippen LogP contribution in [0.4, 0.5) is 4.79 Å². The lowest BCUT2D eigenvalue weighted by atomic mass is 9.80. The maximum absolute atomic E-state index is 12.3. The molecule has 2 fully saturated rings. The lowest BCUT2D eigenvalue weighted by Crippen LogP contribution is -2.41. The van der Waals surface area contributed by atoms with E-state index in [-0.39, 0.29) is 19.0 Å².